The van der Waals surface area contributed by atoms with Gasteiger partial charge in [-0.1, -0.05) is 26.0 Å². The molecular formula is C27H34N2O5. The molecule has 2 amide bonds. The first kappa shape index (κ1) is 25.3. The van der Waals surface area contributed by atoms with Crippen LogP contribution >= 0.6 is 0 Å². The van der Waals surface area contributed by atoms with Gasteiger partial charge in [-0.15, -0.1) is 0 Å². The summed E-state index contributed by atoms with van der Waals surface area (Å²) < 4.78 is 16.8. The monoisotopic (exact) mass is 466 g/mol. The van der Waals surface area contributed by atoms with Crippen molar-refractivity contribution in [2.24, 2.45) is 5.92 Å². The second-order valence-corrected chi connectivity index (χ2v) is 8.74. The zero-order valence-electron chi connectivity index (χ0n) is 20.6. The smallest absolute Gasteiger partial charge is 0.278 e. The maximum atomic E-state index is 13.3. The molecular weight excluding hydrogens is 432 g/mol. The third-order valence-electron chi connectivity index (χ3n) is 5.10. The van der Waals surface area contributed by atoms with E-state index in [9.17, 15) is 9.59 Å². The molecule has 3 rings (SSSR count). The van der Waals surface area contributed by atoms with E-state index in [2.05, 4.69) is 19.2 Å². The van der Waals surface area contributed by atoms with Crippen LogP contribution < -0.4 is 14.8 Å². The molecule has 0 bridgehead atoms. The number of rotatable bonds is 12. The fourth-order valence-corrected chi connectivity index (χ4v) is 3.47. The van der Waals surface area contributed by atoms with Crippen LogP contribution in [0.3, 0.4) is 0 Å². The second kappa shape index (κ2) is 11.7. The van der Waals surface area contributed by atoms with Crippen molar-refractivity contribution in [1.82, 2.24) is 4.90 Å². The molecule has 0 fully saturated rings. The van der Waals surface area contributed by atoms with E-state index in [0.717, 1.165) is 11.5 Å². The summed E-state index contributed by atoms with van der Waals surface area (Å²) in [5, 5.41) is 3.16. The maximum Gasteiger partial charge on any atom is 0.278 e. The third-order valence-corrected chi connectivity index (χ3v) is 5.10. The lowest BCUT2D eigenvalue weighted by Gasteiger charge is -2.16. The van der Waals surface area contributed by atoms with Crippen molar-refractivity contribution in [2.75, 3.05) is 31.7 Å². The van der Waals surface area contributed by atoms with E-state index in [1.165, 1.54) is 4.90 Å². The fourth-order valence-electron chi connectivity index (χ4n) is 3.47. The molecule has 1 aliphatic heterocycles. The number of hydrogen-bond donors (Lipinski definition) is 1. The van der Waals surface area contributed by atoms with Crippen LogP contribution in [-0.4, -0.2) is 49.2 Å². The van der Waals surface area contributed by atoms with E-state index in [0.29, 0.717) is 36.0 Å². The van der Waals surface area contributed by atoms with E-state index in [-0.39, 0.29) is 36.8 Å². The highest BCUT2D eigenvalue weighted by atomic mass is 16.5. The molecule has 7 nitrogen and oxygen atoms in total. The number of imide groups is 1. The fraction of sp³-hybridized carbons (Fsp3) is 0.407. The van der Waals surface area contributed by atoms with Gasteiger partial charge in [0.15, 0.2) is 0 Å². The van der Waals surface area contributed by atoms with Crippen molar-refractivity contribution in [3.8, 4) is 11.5 Å². The Labute approximate surface area is 201 Å². The van der Waals surface area contributed by atoms with Gasteiger partial charge in [0.05, 0.1) is 38.0 Å². The van der Waals surface area contributed by atoms with Crippen molar-refractivity contribution in [3.63, 3.8) is 0 Å². The van der Waals surface area contributed by atoms with Crippen molar-refractivity contribution in [3.05, 3.63) is 59.8 Å². The van der Waals surface area contributed by atoms with Crippen LogP contribution in [-0.2, 0) is 14.3 Å². The summed E-state index contributed by atoms with van der Waals surface area (Å²) in [5.74, 6) is 1.14. The Kier molecular flexibility index (Phi) is 8.71. The molecule has 2 aromatic rings. The molecule has 1 heterocycles. The molecule has 0 radical (unpaired) electrons. The highest BCUT2D eigenvalue weighted by molar-refractivity contribution is 6.36. The van der Waals surface area contributed by atoms with Gasteiger partial charge in [0.2, 0.25) is 0 Å². The van der Waals surface area contributed by atoms with Crippen LogP contribution in [0.4, 0.5) is 5.69 Å². The summed E-state index contributed by atoms with van der Waals surface area (Å²) in [6, 6.07) is 14.5. The molecule has 1 aliphatic rings. The van der Waals surface area contributed by atoms with Gasteiger partial charge in [0.1, 0.15) is 17.2 Å². The Bertz CT molecular complexity index is 1010. The lowest BCUT2D eigenvalue weighted by Crippen LogP contribution is -2.35. The molecule has 0 aliphatic carbocycles. The van der Waals surface area contributed by atoms with Crippen LogP contribution in [0.25, 0.3) is 5.57 Å². The molecule has 1 N–H and O–H groups in total. The summed E-state index contributed by atoms with van der Waals surface area (Å²) in [6.07, 6.45) is 0.0140. The second-order valence-electron chi connectivity index (χ2n) is 8.74. The lowest BCUT2D eigenvalue weighted by atomic mass is 10.0. The Hall–Kier alpha value is -3.32. The van der Waals surface area contributed by atoms with Crippen LogP contribution in [0, 0.1) is 5.92 Å². The predicted molar refractivity (Wildman–Crippen MR) is 133 cm³/mol. The number of nitrogens with one attached hydrogen (secondary N) is 1. The number of hydrogen-bond acceptors (Lipinski definition) is 6. The summed E-state index contributed by atoms with van der Waals surface area (Å²) in [4.78, 5) is 27.8. The van der Waals surface area contributed by atoms with Gasteiger partial charge in [0, 0.05) is 5.69 Å². The number of nitrogens with zero attached hydrogens (tertiary/aromatic N) is 1. The molecule has 0 spiro atoms. The average molecular weight is 467 g/mol. The highest BCUT2D eigenvalue weighted by Crippen LogP contribution is 2.32. The maximum absolute atomic E-state index is 13.3. The highest BCUT2D eigenvalue weighted by Gasteiger charge is 2.39. The minimum atomic E-state index is -0.374. The van der Waals surface area contributed by atoms with Gasteiger partial charge in [-0.2, -0.15) is 0 Å². The lowest BCUT2D eigenvalue weighted by molar-refractivity contribution is -0.137. The van der Waals surface area contributed by atoms with E-state index >= 15 is 0 Å². The van der Waals surface area contributed by atoms with Crippen LogP contribution in [0.5, 0.6) is 11.5 Å². The number of carbonyl (C=O) groups excluding carboxylic acids is 2. The van der Waals surface area contributed by atoms with Crippen molar-refractivity contribution in [1.29, 1.82) is 0 Å². The topological polar surface area (TPSA) is 77.1 Å². The zero-order valence-corrected chi connectivity index (χ0v) is 20.6. The van der Waals surface area contributed by atoms with Crippen LogP contribution in [0.2, 0.25) is 0 Å². The van der Waals surface area contributed by atoms with Gasteiger partial charge >= 0.3 is 0 Å². The Morgan fingerprint density at radius 3 is 2.06 bits per heavy atom. The van der Waals surface area contributed by atoms with E-state index in [1.807, 2.05) is 69.3 Å². The Morgan fingerprint density at radius 1 is 0.853 bits per heavy atom. The quantitative estimate of drug-likeness (QED) is 0.456. The van der Waals surface area contributed by atoms with Gasteiger partial charge in [0.25, 0.3) is 11.8 Å². The predicted octanol–water partition coefficient (Wildman–Crippen LogP) is 4.74. The number of benzene rings is 2. The molecule has 182 valence electrons. The Balaban J connectivity index is 1.89. The van der Waals surface area contributed by atoms with Crippen molar-refractivity contribution < 1.29 is 23.8 Å². The van der Waals surface area contributed by atoms with E-state index in [4.69, 9.17) is 14.2 Å². The molecule has 0 aromatic heterocycles. The molecule has 7 heteroatoms. The normalized spacial score (nSPS) is 13.9. The average Bonchev–Trinajstić information content (AvgIpc) is 3.03. The molecule has 2 aromatic carbocycles. The standard InChI is InChI=1S/C27H34N2O5/c1-6-32-22-13-9-21(10-14-22)28-25-24(20-7-11-23(12-8-20)34-17-18(2)3)26(30)29(27(25)31)15-16-33-19(4)5/h7-14,18-19,28H,6,15-17H2,1-5H3. The van der Waals surface area contributed by atoms with Crippen LogP contribution in [0.1, 0.15) is 40.2 Å². The largest absolute Gasteiger partial charge is 0.494 e. The molecule has 0 saturated carbocycles. The van der Waals surface area contributed by atoms with Crippen molar-refractivity contribution in [2.45, 2.75) is 40.7 Å². The molecule has 0 unspecified atom stereocenters. The van der Waals surface area contributed by atoms with Gasteiger partial charge < -0.3 is 19.5 Å². The number of carbonyl (C=O) groups is 2. The number of amides is 2. The van der Waals surface area contributed by atoms with E-state index in [1.54, 1.807) is 0 Å². The number of anilines is 1. The van der Waals surface area contributed by atoms with Crippen LogP contribution in [0.15, 0.2) is 54.2 Å². The number of ether oxygens (including phenoxy) is 3. The van der Waals surface area contributed by atoms with Gasteiger partial charge in [-0.25, -0.2) is 0 Å². The van der Waals surface area contributed by atoms with E-state index < -0.39 is 0 Å². The zero-order chi connectivity index (χ0) is 24.7. The van der Waals surface area contributed by atoms with Gasteiger partial charge in [-0.3, -0.25) is 14.5 Å². The SMILES string of the molecule is CCOc1ccc(NC2=C(c3ccc(OCC(C)C)cc3)C(=O)N(CCOC(C)C)C2=O)cc1. The molecule has 0 saturated heterocycles. The van der Waals surface area contributed by atoms with Crippen molar-refractivity contribution >= 4 is 23.1 Å². The first-order valence-electron chi connectivity index (χ1n) is 11.7. The molecule has 34 heavy (non-hydrogen) atoms. The molecule has 0 atom stereocenters. The summed E-state index contributed by atoms with van der Waals surface area (Å²) in [5.41, 5.74) is 1.92. The first-order valence-corrected chi connectivity index (χ1v) is 11.7. The summed E-state index contributed by atoms with van der Waals surface area (Å²) in [6.45, 7) is 11.6. The summed E-state index contributed by atoms with van der Waals surface area (Å²) >= 11 is 0. The third kappa shape index (κ3) is 6.38. The first-order chi connectivity index (χ1) is 16.3. The minimum absolute atomic E-state index is 0.0140. The minimum Gasteiger partial charge on any atom is -0.494 e. The van der Waals surface area contributed by atoms with Gasteiger partial charge in [-0.05, 0) is 68.7 Å². The Morgan fingerprint density at radius 2 is 1.47 bits per heavy atom. The summed E-state index contributed by atoms with van der Waals surface area (Å²) in [7, 11) is 0.